The van der Waals surface area contributed by atoms with Crippen molar-refractivity contribution in [2.75, 3.05) is 13.1 Å². The lowest BCUT2D eigenvalue weighted by atomic mass is 9.94. The van der Waals surface area contributed by atoms with E-state index in [9.17, 15) is 13.2 Å². The molecule has 2 atom stereocenters. The summed E-state index contributed by atoms with van der Waals surface area (Å²) < 4.78 is 29.2. The standard InChI is InChI=1S/C21H20Cl2N4O3S/c1-26-12-20(24-13-26)31(29,30)27-10-18(14-5-3-2-4-6-14)19(11-27)25-21(28)15-7-16(22)9-17(23)8-15/h2-9,12-13,18-19H,10-11H2,1H3,(H,25,28). The largest absolute Gasteiger partial charge is 0.347 e. The van der Waals surface area contributed by atoms with Gasteiger partial charge in [0.1, 0.15) is 0 Å². The van der Waals surface area contributed by atoms with E-state index in [1.807, 2.05) is 30.3 Å². The number of imidazole rings is 1. The Hall–Kier alpha value is -2.39. The van der Waals surface area contributed by atoms with Gasteiger partial charge in [0.15, 0.2) is 5.03 Å². The molecule has 1 aliphatic heterocycles. The first-order chi connectivity index (χ1) is 14.7. The summed E-state index contributed by atoms with van der Waals surface area (Å²) in [4.78, 5) is 16.9. The van der Waals surface area contributed by atoms with Gasteiger partial charge in [0.25, 0.3) is 15.9 Å². The molecular weight excluding hydrogens is 459 g/mol. The van der Waals surface area contributed by atoms with Crippen LogP contribution in [-0.2, 0) is 17.1 Å². The van der Waals surface area contributed by atoms with Gasteiger partial charge >= 0.3 is 0 Å². The van der Waals surface area contributed by atoms with Gasteiger partial charge in [-0.1, -0.05) is 53.5 Å². The third-order valence-electron chi connectivity index (χ3n) is 5.24. The number of nitrogens with zero attached hydrogens (tertiary/aromatic N) is 3. The van der Waals surface area contributed by atoms with Gasteiger partial charge in [0.05, 0.1) is 12.4 Å². The molecule has 4 rings (SSSR count). The molecule has 3 aromatic rings. The van der Waals surface area contributed by atoms with Crippen molar-refractivity contribution < 1.29 is 13.2 Å². The van der Waals surface area contributed by atoms with Gasteiger partial charge in [-0.25, -0.2) is 13.4 Å². The van der Waals surface area contributed by atoms with Crippen molar-refractivity contribution in [2.45, 2.75) is 17.0 Å². The van der Waals surface area contributed by atoms with Crippen molar-refractivity contribution >= 4 is 39.1 Å². The van der Waals surface area contributed by atoms with Crippen LogP contribution in [0.5, 0.6) is 0 Å². The number of carbonyl (C=O) groups excluding carboxylic acids is 1. The molecule has 2 aromatic carbocycles. The highest BCUT2D eigenvalue weighted by molar-refractivity contribution is 7.89. The van der Waals surface area contributed by atoms with E-state index in [1.165, 1.54) is 29.0 Å². The first-order valence-corrected chi connectivity index (χ1v) is 11.7. The summed E-state index contributed by atoms with van der Waals surface area (Å²) in [6.45, 7) is 0.350. The lowest BCUT2D eigenvalue weighted by Crippen LogP contribution is -2.40. The van der Waals surface area contributed by atoms with E-state index in [4.69, 9.17) is 23.2 Å². The molecule has 1 N–H and O–H groups in total. The van der Waals surface area contributed by atoms with Crippen LogP contribution < -0.4 is 5.32 Å². The van der Waals surface area contributed by atoms with E-state index < -0.39 is 16.1 Å². The second-order valence-corrected chi connectivity index (χ2v) is 10.2. The third-order valence-corrected chi connectivity index (χ3v) is 7.39. The molecule has 10 heteroatoms. The number of benzene rings is 2. The Morgan fingerprint density at radius 2 is 1.77 bits per heavy atom. The minimum atomic E-state index is -3.80. The molecule has 0 saturated carbocycles. The number of hydrogen-bond donors (Lipinski definition) is 1. The van der Waals surface area contributed by atoms with Crippen LogP contribution in [0.3, 0.4) is 0 Å². The van der Waals surface area contributed by atoms with E-state index >= 15 is 0 Å². The first kappa shape index (κ1) is 21.8. The summed E-state index contributed by atoms with van der Waals surface area (Å²) >= 11 is 12.1. The Morgan fingerprint density at radius 3 is 2.39 bits per heavy atom. The van der Waals surface area contributed by atoms with Crippen molar-refractivity contribution in [1.82, 2.24) is 19.2 Å². The zero-order valence-corrected chi connectivity index (χ0v) is 18.9. The third kappa shape index (κ3) is 4.62. The second kappa shape index (κ2) is 8.63. The average molecular weight is 479 g/mol. The Kier molecular flexibility index (Phi) is 6.07. The Balaban J connectivity index is 1.63. The van der Waals surface area contributed by atoms with Crippen LogP contribution in [0.25, 0.3) is 0 Å². The summed E-state index contributed by atoms with van der Waals surface area (Å²) in [7, 11) is -2.09. The maximum atomic E-state index is 13.1. The lowest BCUT2D eigenvalue weighted by molar-refractivity contribution is 0.0936. The second-order valence-electron chi connectivity index (χ2n) is 7.45. The van der Waals surface area contributed by atoms with Gasteiger partial charge in [-0.3, -0.25) is 4.79 Å². The highest BCUT2D eigenvalue weighted by Gasteiger charge is 2.41. The van der Waals surface area contributed by atoms with Gasteiger partial charge in [0, 0.05) is 47.9 Å². The van der Waals surface area contributed by atoms with Crippen molar-refractivity contribution in [3.05, 3.63) is 82.2 Å². The van der Waals surface area contributed by atoms with Gasteiger partial charge in [-0.05, 0) is 23.8 Å². The predicted molar refractivity (Wildman–Crippen MR) is 119 cm³/mol. The molecule has 2 heterocycles. The van der Waals surface area contributed by atoms with E-state index in [0.29, 0.717) is 15.6 Å². The predicted octanol–water partition coefficient (Wildman–Crippen LogP) is 3.31. The summed E-state index contributed by atoms with van der Waals surface area (Å²) in [6, 6.07) is 13.7. The van der Waals surface area contributed by atoms with Crippen LogP contribution in [0.4, 0.5) is 0 Å². The number of halogens is 2. The summed E-state index contributed by atoms with van der Waals surface area (Å²) in [6.07, 6.45) is 2.91. The fourth-order valence-electron chi connectivity index (χ4n) is 3.74. The van der Waals surface area contributed by atoms with Crippen LogP contribution in [0, 0.1) is 0 Å². The van der Waals surface area contributed by atoms with E-state index in [-0.39, 0.29) is 29.9 Å². The van der Waals surface area contributed by atoms with Crippen molar-refractivity contribution in [3.63, 3.8) is 0 Å². The summed E-state index contributed by atoms with van der Waals surface area (Å²) in [5.74, 6) is -0.592. The minimum Gasteiger partial charge on any atom is -0.347 e. The fraction of sp³-hybridized carbons (Fsp3) is 0.238. The van der Waals surface area contributed by atoms with Gasteiger partial charge in [-0.2, -0.15) is 4.31 Å². The number of aryl methyl sites for hydroxylation is 1. The smallest absolute Gasteiger partial charge is 0.262 e. The SMILES string of the molecule is Cn1cnc(S(=O)(=O)N2CC(NC(=O)c3cc(Cl)cc(Cl)c3)C(c3ccccc3)C2)c1. The number of amides is 1. The molecule has 1 aromatic heterocycles. The molecule has 1 amide bonds. The van der Waals surface area contributed by atoms with E-state index in [0.717, 1.165) is 5.56 Å². The Morgan fingerprint density at radius 1 is 1.10 bits per heavy atom. The average Bonchev–Trinajstić information content (AvgIpc) is 3.35. The van der Waals surface area contributed by atoms with E-state index in [1.54, 1.807) is 17.7 Å². The molecule has 162 valence electrons. The Labute approximate surface area is 190 Å². The van der Waals surface area contributed by atoms with E-state index in [2.05, 4.69) is 10.3 Å². The number of carbonyl (C=O) groups is 1. The molecule has 2 unspecified atom stereocenters. The molecule has 1 aliphatic rings. The number of aromatic nitrogens is 2. The van der Waals surface area contributed by atoms with Gasteiger partial charge < -0.3 is 9.88 Å². The molecule has 0 aliphatic carbocycles. The normalized spacial score (nSPS) is 19.5. The van der Waals surface area contributed by atoms with Crippen LogP contribution in [0.2, 0.25) is 10.0 Å². The molecule has 0 bridgehead atoms. The van der Waals surface area contributed by atoms with Gasteiger partial charge in [0.2, 0.25) is 0 Å². The quantitative estimate of drug-likeness (QED) is 0.609. The Bertz CT molecular complexity index is 1190. The number of nitrogens with one attached hydrogen (secondary N) is 1. The zero-order chi connectivity index (χ0) is 22.2. The van der Waals surface area contributed by atoms with Crippen LogP contribution >= 0.6 is 23.2 Å². The maximum Gasteiger partial charge on any atom is 0.262 e. The monoisotopic (exact) mass is 478 g/mol. The van der Waals surface area contributed by atoms with Crippen molar-refractivity contribution in [3.8, 4) is 0 Å². The zero-order valence-electron chi connectivity index (χ0n) is 16.6. The highest BCUT2D eigenvalue weighted by Crippen LogP contribution is 2.31. The first-order valence-electron chi connectivity index (χ1n) is 9.54. The van der Waals surface area contributed by atoms with Crippen LogP contribution in [0.15, 0.2) is 66.1 Å². The molecule has 1 fully saturated rings. The van der Waals surface area contributed by atoms with Crippen molar-refractivity contribution in [1.29, 1.82) is 0 Å². The lowest BCUT2D eigenvalue weighted by Gasteiger charge is -2.20. The minimum absolute atomic E-state index is 0.0181. The molecule has 31 heavy (non-hydrogen) atoms. The summed E-state index contributed by atoms with van der Waals surface area (Å²) in [5.41, 5.74) is 1.26. The molecular formula is C21H20Cl2N4O3S. The summed E-state index contributed by atoms with van der Waals surface area (Å²) in [5, 5.41) is 3.65. The number of rotatable bonds is 5. The molecule has 7 nitrogen and oxygen atoms in total. The van der Waals surface area contributed by atoms with Crippen LogP contribution in [-0.4, -0.2) is 47.3 Å². The maximum absolute atomic E-state index is 13.1. The number of hydrogen-bond acceptors (Lipinski definition) is 4. The van der Waals surface area contributed by atoms with Crippen LogP contribution in [0.1, 0.15) is 21.8 Å². The highest BCUT2D eigenvalue weighted by atomic mass is 35.5. The number of sulfonamides is 1. The van der Waals surface area contributed by atoms with Crippen molar-refractivity contribution in [2.24, 2.45) is 7.05 Å². The fourth-order valence-corrected chi connectivity index (χ4v) is 5.72. The topological polar surface area (TPSA) is 84.3 Å². The molecule has 0 spiro atoms. The molecule has 0 radical (unpaired) electrons. The molecule has 1 saturated heterocycles. The van der Waals surface area contributed by atoms with Gasteiger partial charge in [-0.15, -0.1) is 0 Å².